The van der Waals surface area contributed by atoms with Gasteiger partial charge in [0.05, 0.1) is 5.02 Å². The molecule has 0 aliphatic heterocycles. The lowest BCUT2D eigenvalue weighted by Crippen LogP contribution is -1.96. The van der Waals surface area contributed by atoms with E-state index in [0.29, 0.717) is 11.6 Å². The second-order valence-corrected chi connectivity index (χ2v) is 4.84. The molecule has 1 aromatic rings. The predicted molar refractivity (Wildman–Crippen MR) is 72.5 cm³/mol. The molecular formula is C14H18ClNO. The molecule has 0 unspecified atom stereocenters. The number of benzene rings is 1. The monoisotopic (exact) mass is 251 g/mol. The molecule has 3 N–H and O–H groups in total. The molecule has 3 heteroatoms. The van der Waals surface area contributed by atoms with Crippen molar-refractivity contribution in [3.63, 3.8) is 0 Å². The van der Waals surface area contributed by atoms with Gasteiger partial charge in [-0.05, 0) is 42.9 Å². The van der Waals surface area contributed by atoms with Crippen molar-refractivity contribution in [3.05, 3.63) is 33.9 Å². The maximum atomic E-state index is 10.0. The third kappa shape index (κ3) is 2.64. The largest absolute Gasteiger partial charge is 0.506 e. The van der Waals surface area contributed by atoms with E-state index in [1.807, 2.05) is 18.2 Å². The van der Waals surface area contributed by atoms with Crippen LogP contribution in [-0.2, 0) is 12.8 Å². The minimum Gasteiger partial charge on any atom is -0.506 e. The van der Waals surface area contributed by atoms with Crippen LogP contribution < -0.4 is 5.73 Å². The number of phenols is 1. The molecule has 0 fully saturated rings. The SMILES string of the molecule is NC/C=C/c1cc2c(c(Cl)c1O)CCCCC2. The second kappa shape index (κ2) is 5.56. The number of aromatic hydroxyl groups is 1. The van der Waals surface area contributed by atoms with Crippen LogP contribution in [0.3, 0.4) is 0 Å². The number of nitrogens with two attached hydrogens (primary N) is 1. The molecule has 1 aliphatic rings. The molecule has 0 radical (unpaired) electrons. The van der Waals surface area contributed by atoms with Gasteiger partial charge in [-0.15, -0.1) is 0 Å². The molecule has 0 atom stereocenters. The number of phenolic OH excluding ortho intramolecular Hbond substituents is 1. The number of hydrogen-bond acceptors (Lipinski definition) is 2. The quantitative estimate of drug-likeness (QED) is 0.793. The summed E-state index contributed by atoms with van der Waals surface area (Å²) < 4.78 is 0. The zero-order valence-corrected chi connectivity index (χ0v) is 10.6. The summed E-state index contributed by atoms with van der Waals surface area (Å²) in [5.74, 6) is 0.192. The maximum Gasteiger partial charge on any atom is 0.141 e. The third-order valence-electron chi connectivity index (χ3n) is 3.27. The van der Waals surface area contributed by atoms with Crippen LogP contribution in [0.1, 0.15) is 36.0 Å². The van der Waals surface area contributed by atoms with Crippen LogP contribution in [0, 0.1) is 0 Å². The number of hydrogen-bond donors (Lipinski definition) is 2. The van der Waals surface area contributed by atoms with E-state index in [9.17, 15) is 5.11 Å². The molecule has 2 rings (SSSR count). The lowest BCUT2D eigenvalue weighted by Gasteiger charge is -2.12. The summed E-state index contributed by atoms with van der Waals surface area (Å²) in [6.07, 6.45) is 9.29. The molecule has 1 aromatic carbocycles. The summed E-state index contributed by atoms with van der Waals surface area (Å²) in [4.78, 5) is 0. The van der Waals surface area contributed by atoms with Gasteiger partial charge in [-0.2, -0.15) is 0 Å². The van der Waals surface area contributed by atoms with Crippen molar-refractivity contribution in [2.45, 2.75) is 32.1 Å². The van der Waals surface area contributed by atoms with Crippen LogP contribution in [0.15, 0.2) is 12.1 Å². The molecule has 0 aromatic heterocycles. The summed E-state index contributed by atoms with van der Waals surface area (Å²) >= 11 is 6.25. The van der Waals surface area contributed by atoms with Crippen LogP contribution in [0.5, 0.6) is 5.75 Å². The Morgan fingerprint density at radius 1 is 1.29 bits per heavy atom. The fraction of sp³-hybridized carbons (Fsp3) is 0.429. The van der Waals surface area contributed by atoms with Gasteiger partial charge in [-0.25, -0.2) is 0 Å². The third-order valence-corrected chi connectivity index (χ3v) is 3.68. The predicted octanol–water partition coefficient (Wildman–Crippen LogP) is 3.29. The first kappa shape index (κ1) is 12.5. The van der Waals surface area contributed by atoms with Gasteiger partial charge >= 0.3 is 0 Å². The lowest BCUT2D eigenvalue weighted by atomic mass is 9.98. The molecular weight excluding hydrogens is 234 g/mol. The summed E-state index contributed by atoms with van der Waals surface area (Å²) in [7, 11) is 0. The van der Waals surface area contributed by atoms with Crippen molar-refractivity contribution in [2.75, 3.05) is 6.54 Å². The van der Waals surface area contributed by atoms with E-state index in [1.165, 1.54) is 18.4 Å². The fourth-order valence-electron chi connectivity index (χ4n) is 2.36. The zero-order chi connectivity index (χ0) is 12.3. The smallest absolute Gasteiger partial charge is 0.141 e. The Morgan fingerprint density at radius 3 is 2.82 bits per heavy atom. The van der Waals surface area contributed by atoms with Gasteiger partial charge in [0.25, 0.3) is 0 Å². The summed E-state index contributed by atoms with van der Waals surface area (Å²) in [6, 6.07) is 2.05. The average molecular weight is 252 g/mol. The molecule has 0 bridgehead atoms. The summed E-state index contributed by atoms with van der Waals surface area (Å²) in [5, 5.41) is 10.6. The Balaban J connectivity index is 2.47. The highest BCUT2D eigenvalue weighted by Crippen LogP contribution is 2.37. The number of halogens is 1. The van der Waals surface area contributed by atoms with Crippen molar-refractivity contribution < 1.29 is 5.11 Å². The van der Waals surface area contributed by atoms with Crippen LogP contribution >= 0.6 is 11.6 Å². The molecule has 2 nitrogen and oxygen atoms in total. The highest BCUT2D eigenvalue weighted by atomic mass is 35.5. The zero-order valence-electron chi connectivity index (χ0n) is 9.88. The van der Waals surface area contributed by atoms with Crippen molar-refractivity contribution in [1.29, 1.82) is 0 Å². The van der Waals surface area contributed by atoms with E-state index in [-0.39, 0.29) is 5.75 Å². The minimum atomic E-state index is 0.192. The molecule has 1 aliphatic carbocycles. The Morgan fingerprint density at radius 2 is 2.06 bits per heavy atom. The summed E-state index contributed by atoms with van der Waals surface area (Å²) in [6.45, 7) is 0.466. The molecule has 17 heavy (non-hydrogen) atoms. The topological polar surface area (TPSA) is 46.2 Å². The molecule has 0 saturated heterocycles. The first-order chi connectivity index (χ1) is 8.24. The Labute approximate surface area is 107 Å². The number of fused-ring (bicyclic) bond motifs is 1. The Kier molecular flexibility index (Phi) is 4.08. The van der Waals surface area contributed by atoms with Gasteiger partial charge in [0, 0.05) is 12.1 Å². The van der Waals surface area contributed by atoms with Crippen molar-refractivity contribution in [1.82, 2.24) is 0 Å². The highest BCUT2D eigenvalue weighted by Gasteiger charge is 2.16. The minimum absolute atomic E-state index is 0.192. The highest BCUT2D eigenvalue weighted by molar-refractivity contribution is 6.33. The van der Waals surface area contributed by atoms with Gasteiger partial charge in [-0.3, -0.25) is 0 Å². The van der Waals surface area contributed by atoms with Crippen molar-refractivity contribution in [2.24, 2.45) is 5.73 Å². The van der Waals surface area contributed by atoms with Crippen molar-refractivity contribution >= 4 is 17.7 Å². The lowest BCUT2D eigenvalue weighted by molar-refractivity contribution is 0.473. The normalized spacial score (nSPS) is 15.9. The van der Waals surface area contributed by atoms with E-state index in [4.69, 9.17) is 17.3 Å². The fourth-order valence-corrected chi connectivity index (χ4v) is 2.69. The second-order valence-electron chi connectivity index (χ2n) is 4.46. The summed E-state index contributed by atoms with van der Waals surface area (Å²) in [5.41, 5.74) is 8.62. The van der Waals surface area contributed by atoms with Crippen molar-refractivity contribution in [3.8, 4) is 5.75 Å². The molecule has 0 amide bonds. The first-order valence-corrected chi connectivity index (χ1v) is 6.51. The average Bonchev–Trinajstić information content (AvgIpc) is 2.57. The molecule has 0 spiro atoms. The van der Waals surface area contributed by atoms with Crippen LogP contribution in [0.2, 0.25) is 5.02 Å². The van der Waals surface area contributed by atoms with Gasteiger partial charge < -0.3 is 10.8 Å². The van der Waals surface area contributed by atoms with E-state index >= 15 is 0 Å². The van der Waals surface area contributed by atoms with Gasteiger partial charge in [0.2, 0.25) is 0 Å². The standard InChI is InChI=1S/C14H18ClNO/c15-13-12-7-3-1-2-5-10(12)9-11(14(13)17)6-4-8-16/h4,6,9,17H,1-3,5,7-8,16H2/b6-4+. The van der Waals surface area contributed by atoms with E-state index in [1.54, 1.807) is 0 Å². The van der Waals surface area contributed by atoms with E-state index in [0.717, 1.165) is 30.4 Å². The molecule has 0 saturated carbocycles. The van der Waals surface area contributed by atoms with Crippen LogP contribution in [-0.4, -0.2) is 11.7 Å². The Hall–Kier alpha value is -0.990. The Bertz CT molecular complexity index is 440. The number of rotatable bonds is 2. The van der Waals surface area contributed by atoms with Gasteiger partial charge in [0.15, 0.2) is 0 Å². The van der Waals surface area contributed by atoms with E-state index < -0.39 is 0 Å². The van der Waals surface area contributed by atoms with E-state index in [2.05, 4.69) is 0 Å². The molecule has 0 heterocycles. The first-order valence-electron chi connectivity index (χ1n) is 6.14. The molecule has 92 valence electrons. The van der Waals surface area contributed by atoms with Gasteiger partial charge in [0.1, 0.15) is 5.75 Å². The number of aryl methyl sites for hydroxylation is 1. The van der Waals surface area contributed by atoms with Crippen LogP contribution in [0.25, 0.3) is 6.08 Å². The van der Waals surface area contributed by atoms with Crippen LogP contribution in [0.4, 0.5) is 0 Å². The van der Waals surface area contributed by atoms with Gasteiger partial charge in [-0.1, -0.05) is 30.2 Å². The maximum absolute atomic E-state index is 10.0.